The Morgan fingerprint density at radius 2 is 1.95 bits per heavy atom. The van der Waals surface area contributed by atoms with Crippen LogP contribution in [0.2, 0.25) is 0 Å². The van der Waals surface area contributed by atoms with Crippen molar-refractivity contribution in [1.29, 1.82) is 0 Å². The molecule has 0 aromatic rings. The van der Waals surface area contributed by atoms with Crippen molar-refractivity contribution in [2.75, 3.05) is 6.54 Å². The van der Waals surface area contributed by atoms with Gasteiger partial charge < -0.3 is 10.4 Å². The molecule has 3 heteroatoms. The first-order valence-electron chi connectivity index (χ1n) is 8.53. The fraction of sp³-hybridized carbons (Fsp3) is 0.941. The molecule has 3 atom stereocenters. The maximum absolute atomic E-state index is 12.1. The zero-order valence-electron chi connectivity index (χ0n) is 12.7. The molecule has 20 heavy (non-hydrogen) atoms. The van der Waals surface area contributed by atoms with E-state index in [1.165, 1.54) is 25.7 Å². The maximum Gasteiger partial charge on any atom is 0.220 e. The smallest absolute Gasteiger partial charge is 0.220 e. The minimum atomic E-state index is -0.642. The van der Waals surface area contributed by atoms with Crippen LogP contribution in [0.4, 0.5) is 0 Å². The first-order chi connectivity index (χ1) is 9.54. The monoisotopic (exact) mass is 279 g/mol. The van der Waals surface area contributed by atoms with Crippen molar-refractivity contribution in [2.45, 2.75) is 70.3 Å². The molecule has 1 amide bonds. The van der Waals surface area contributed by atoms with Crippen LogP contribution in [0, 0.1) is 23.7 Å². The molecule has 3 saturated carbocycles. The van der Waals surface area contributed by atoms with Gasteiger partial charge in [-0.1, -0.05) is 13.3 Å². The van der Waals surface area contributed by atoms with Gasteiger partial charge in [-0.2, -0.15) is 0 Å². The van der Waals surface area contributed by atoms with Gasteiger partial charge in [-0.25, -0.2) is 0 Å². The number of rotatable bonds is 4. The van der Waals surface area contributed by atoms with Crippen LogP contribution < -0.4 is 5.32 Å². The third-order valence-corrected chi connectivity index (χ3v) is 6.15. The van der Waals surface area contributed by atoms with Crippen LogP contribution in [-0.4, -0.2) is 23.2 Å². The SMILES string of the molecule is CC1CCC(O)(CNC(=O)CC2CC3CCC2C3)CC1. The molecule has 3 unspecified atom stereocenters. The molecule has 0 heterocycles. The third kappa shape index (κ3) is 3.19. The molecular weight excluding hydrogens is 250 g/mol. The molecule has 0 aromatic carbocycles. The minimum Gasteiger partial charge on any atom is -0.388 e. The quantitative estimate of drug-likeness (QED) is 0.831. The van der Waals surface area contributed by atoms with Gasteiger partial charge >= 0.3 is 0 Å². The van der Waals surface area contributed by atoms with E-state index in [0.29, 0.717) is 18.9 Å². The highest BCUT2D eigenvalue weighted by atomic mass is 16.3. The third-order valence-electron chi connectivity index (χ3n) is 6.15. The predicted octanol–water partition coefficient (Wildman–Crippen LogP) is 2.87. The standard InChI is InChI=1S/C17H29NO2/c1-12-4-6-17(20,7-5-12)11-18-16(19)10-15-9-13-2-3-14(15)8-13/h12-15,20H,2-11H2,1H3,(H,18,19). The minimum absolute atomic E-state index is 0.162. The van der Waals surface area contributed by atoms with Crippen LogP contribution in [0.3, 0.4) is 0 Å². The van der Waals surface area contributed by atoms with E-state index >= 15 is 0 Å². The predicted molar refractivity (Wildman–Crippen MR) is 79.1 cm³/mol. The lowest BCUT2D eigenvalue weighted by atomic mass is 9.79. The summed E-state index contributed by atoms with van der Waals surface area (Å²) >= 11 is 0. The molecule has 3 aliphatic rings. The van der Waals surface area contributed by atoms with Crippen molar-refractivity contribution in [3.63, 3.8) is 0 Å². The number of hydrogen-bond acceptors (Lipinski definition) is 2. The number of amides is 1. The van der Waals surface area contributed by atoms with E-state index in [2.05, 4.69) is 12.2 Å². The Kier molecular flexibility index (Phi) is 4.07. The molecule has 3 nitrogen and oxygen atoms in total. The van der Waals surface area contributed by atoms with Crippen molar-refractivity contribution >= 4 is 5.91 Å². The van der Waals surface area contributed by atoms with Crippen LogP contribution in [0.25, 0.3) is 0 Å². The largest absolute Gasteiger partial charge is 0.388 e. The lowest BCUT2D eigenvalue weighted by molar-refractivity contribution is -0.124. The van der Waals surface area contributed by atoms with Crippen molar-refractivity contribution < 1.29 is 9.90 Å². The van der Waals surface area contributed by atoms with E-state index in [0.717, 1.165) is 43.4 Å². The average Bonchev–Trinajstić information content (AvgIpc) is 3.03. The Hall–Kier alpha value is -0.570. The fourth-order valence-corrected chi connectivity index (χ4v) is 4.68. The van der Waals surface area contributed by atoms with Crippen LogP contribution >= 0.6 is 0 Å². The highest BCUT2D eigenvalue weighted by Gasteiger charge is 2.40. The molecule has 114 valence electrons. The molecule has 0 aromatic heterocycles. The molecular formula is C17H29NO2. The Bertz CT molecular complexity index is 360. The first-order valence-corrected chi connectivity index (χ1v) is 8.53. The van der Waals surface area contributed by atoms with E-state index in [-0.39, 0.29) is 5.91 Å². The summed E-state index contributed by atoms with van der Waals surface area (Å²) in [5.41, 5.74) is -0.642. The highest BCUT2D eigenvalue weighted by molar-refractivity contribution is 5.76. The van der Waals surface area contributed by atoms with E-state index in [9.17, 15) is 9.90 Å². The molecule has 0 saturated heterocycles. The molecule has 3 rings (SSSR count). The second-order valence-corrected chi connectivity index (χ2v) is 7.82. The summed E-state index contributed by atoms with van der Waals surface area (Å²) in [5, 5.41) is 13.5. The van der Waals surface area contributed by atoms with Gasteiger partial charge in [-0.15, -0.1) is 0 Å². The molecule has 0 radical (unpaired) electrons. The Morgan fingerprint density at radius 1 is 1.20 bits per heavy atom. The van der Waals surface area contributed by atoms with Gasteiger partial charge in [0.2, 0.25) is 5.91 Å². The zero-order chi connectivity index (χ0) is 14.2. The first kappa shape index (κ1) is 14.4. The van der Waals surface area contributed by atoms with Gasteiger partial charge in [0.1, 0.15) is 0 Å². The molecule has 3 fully saturated rings. The summed E-state index contributed by atoms with van der Waals surface area (Å²) in [4.78, 5) is 12.1. The summed E-state index contributed by atoms with van der Waals surface area (Å²) in [5.74, 6) is 3.22. The maximum atomic E-state index is 12.1. The fourth-order valence-electron chi connectivity index (χ4n) is 4.68. The van der Waals surface area contributed by atoms with Crippen LogP contribution in [-0.2, 0) is 4.79 Å². The lowest BCUT2D eigenvalue weighted by Gasteiger charge is -2.35. The number of nitrogens with one attached hydrogen (secondary N) is 1. The van der Waals surface area contributed by atoms with E-state index in [1.54, 1.807) is 0 Å². The second-order valence-electron chi connectivity index (χ2n) is 7.82. The van der Waals surface area contributed by atoms with E-state index < -0.39 is 5.60 Å². The molecule has 2 bridgehead atoms. The second kappa shape index (κ2) is 5.67. The van der Waals surface area contributed by atoms with Crippen LogP contribution in [0.1, 0.15) is 64.7 Å². The number of carbonyl (C=O) groups excluding carboxylic acids is 1. The van der Waals surface area contributed by atoms with Crippen LogP contribution in [0.15, 0.2) is 0 Å². The molecule has 0 spiro atoms. The number of aliphatic hydroxyl groups is 1. The summed E-state index contributed by atoms with van der Waals surface area (Å²) < 4.78 is 0. The summed E-state index contributed by atoms with van der Waals surface area (Å²) in [6.07, 6.45) is 9.88. The number of hydrogen-bond donors (Lipinski definition) is 2. The van der Waals surface area contributed by atoms with Crippen molar-refractivity contribution in [3.8, 4) is 0 Å². The van der Waals surface area contributed by atoms with Gasteiger partial charge in [0.15, 0.2) is 0 Å². The topological polar surface area (TPSA) is 49.3 Å². The van der Waals surface area contributed by atoms with Gasteiger partial charge in [-0.05, 0) is 68.6 Å². The van der Waals surface area contributed by atoms with Crippen molar-refractivity contribution in [1.82, 2.24) is 5.32 Å². The zero-order valence-corrected chi connectivity index (χ0v) is 12.7. The highest BCUT2D eigenvalue weighted by Crippen LogP contribution is 2.49. The normalized spacial score (nSPS) is 43.7. The van der Waals surface area contributed by atoms with Gasteiger partial charge in [0, 0.05) is 13.0 Å². The van der Waals surface area contributed by atoms with Gasteiger partial charge in [0.25, 0.3) is 0 Å². The summed E-state index contributed by atoms with van der Waals surface area (Å²) in [6.45, 7) is 2.70. The van der Waals surface area contributed by atoms with E-state index in [1.807, 2.05) is 0 Å². The van der Waals surface area contributed by atoms with E-state index in [4.69, 9.17) is 0 Å². The Balaban J connectivity index is 1.41. The van der Waals surface area contributed by atoms with Gasteiger partial charge in [-0.3, -0.25) is 4.79 Å². The molecule has 0 aliphatic heterocycles. The Morgan fingerprint density at radius 3 is 2.55 bits per heavy atom. The lowest BCUT2D eigenvalue weighted by Crippen LogP contribution is -2.45. The van der Waals surface area contributed by atoms with Crippen molar-refractivity contribution in [3.05, 3.63) is 0 Å². The summed E-state index contributed by atoms with van der Waals surface area (Å²) in [6, 6.07) is 0. The number of fused-ring (bicyclic) bond motifs is 2. The van der Waals surface area contributed by atoms with Crippen LogP contribution in [0.5, 0.6) is 0 Å². The average molecular weight is 279 g/mol. The number of carbonyl (C=O) groups is 1. The molecule has 3 aliphatic carbocycles. The Labute approximate surface area is 122 Å². The van der Waals surface area contributed by atoms with Crippen molar-refractivity contribution in [2.24, 2.45) is 23.7 Å². The summed E-state index contributed by atoms with van der Waals surface area (Å²) in [7, 11) is 0. The molecule has 2 N–H and O–H groups in total. The van der Waals surface area contributed by atoms with Gasteiger partial charge in [0.05, 0.1) is 5.60 Å².